The van der Waals surface area contributed by atoms with Gasteiger partial charge in [0.2, 0.25) is 5.56 Å². The van der Waals surface area contributed by atoms with E-state index in [-0.39, 0.29) is 5.56 Å². The molecule has 0 radical (unpaired) electrons. The number of hydrogen-bond acceptors (Lipinski definition) is 1. The van der Waals surface area contributed by atoms with Gasteiger partial charge in [0.1, 0.15) is 0 Å². The second kappa shape index (κ2) is 4.12. The van der Waals surface area contributed by atoms with E-state index in [1.54, 1.807) is 6.07 Å². The fourth-order valence-corrected chi connectivity index (χ4v) is 2.63. The third-order valence-electron chi connectivity index (χ3n) is 3.56. The third-order valence-corrected chi connectivity index (χ3v) is 3.56. The number of nitrogens with zero attached hydrogens (tertiary/aromatic N) is 1. The molecular formula is C16H16N2O. The molecule has 0 saturated carbocycles. The average molecular weight is 252 g/mol. The van der Waals surface area contributed by atoms with Crippen LogP contribution in [0.3, 0.4) is 0 Å². The van der Waals surface area contributed by atoms with Gasteiger partial charge in [0.05, 0.1) is 0 Å². The average Bonchev–Trinajstić information content (AvgIpc) is 2.69. The molecule has 19 heavy (non-hydrogen) atoms. The Hall–Kier alpha value is -2.29. The van der Waals surface area contributed by atoms with Crippen LogP contribution in [0.4, 0.5) is 0 Å². The minimum Gasteiger partial charge on any atom is -0.322 e. The van der Waals surface area contributed by atoms with Crippen LogP contribution in [0.25, 0.3) is 16.6 Å². The molecule has 0 amide bonds. The van der Waals surface area contributed by atoms with Crippen LogP contribution in [-0.2, 0) is 0 Å². The minimum atomic E-state index is -0.0499. The van der Waals surface area contributed by atoms with Crippen molar-refractivity contribution in [1.29, 1.82) is 0 Å². The number of nitrogens with one attached hydrogen (secondary N) is 1. The van der Waals surface area contributed by atoms with Gasteiger partial charge in [-0.3, -0.25) is 4.79 Å². The predicted molar refractivity (Wildman–Crippen MR) is 78.1 cm³/mol. The minimum absolute atomic E-state index is 0.0499. The van der Waals surface area contributed by atoms with E-state index >= 15 is 0 Å². The number of H-pyrrole nitrogens is 1. The van der Waals surface area contributed by atoms with Crippen molar-refractivity contribution in [3.05, 3.63) is 63.7 Å². The molecule has 0 bridgehead atoms. The van der Waals surface area contributed by atoms with Gasteiger partial charge < -0.3 is 9.55 Å². The van der Waals surface area contributed by atoms with Crippen molar-refractivity contribution >= 4 is 10.9 Å². The summed E-state index contributed by atoms with van der Waals surface area (Å²) in [4.78, 5) is 14.3. The maximum atomic E-state index is 11.5. The fourth-order valence-electron chi connectivity index (χ4n) is 2.63. The first-order valence-corrected chi connectivity index (χ1v) is 6.35. The van der Waals surface area contributed by atoms with E-state index in [2.05, 4.69) is 41.6 Å². The summed E-state index contributed by atoms with van der Waals surface area (Å²) in [6, 6.07) is 12.0. The molecule has 1 N–H and O–H groups in total. The van der Waals surface area contributed by atoms with E-state index in [1.807, 2.05) is 19.1 Å². The molecule has 3 nitrogen and oxygen atoms in total. The number of fused-ring (bicyclic) bond motifs is 1. The number of aromatic amines is 1. The summed E-state index contributed by atoms with van der Waals surface area (Å²) in [7, 11) is 0. The van der Waals surface area contributed by atoms with Crippen molar-refractivity contribution < 1.29 is 0 Å². The fraction of sp³-hybridized carbons (Fsp3) is 0.188. The molecule has 0 atom stereocenters. The summed E-state index contributed by atoms with van der Waals surface area (Å²) < 4.78 is 2.21. The van der Waals surface area contributed by atoms with E-state index in [0.717, 1.165) is 22.2 Å². The van der Waals surface area contributed by atoms with Gasteiger partial charge in [-0.15, -0.1) is 0 Å². The normalized spacial score (nSPS) is 11.1. The summed E-state index contributed by atoms with van der Waals surface area (Å²) in [5.41, 5.74) is 5.38. The van der Waals surface area contributed by atoms with E-state index in [9.17, 15) is 4.79 Å². The summed E-state index contributed by atoms with van der Waals surface area (Å²) in [5, 5.41) is 1.09. The van der Waals surface area contributed by atoms with Crippen LogP contribution < -0.4 is 5.56 Å². The predicted octanol–water partition coefficient (Wildman–Crippen LogP) is 3.24. The van der Waals surface area contributed by atoms with Gasteiger partial charge in [-0.1, -0.05) is 0 Å². The van der Waals surface area contributed by atoms with Gasteiger partial charge in [-0.25, -0.2) is 0 Å². The molecule has 0 aliphatic rings. The number of rotatable bonds is 1. The first-order valence-electron chi connectivity index (χ1n) is 6.35. The molecule has 0 aliphatic carbocycles. The lowest BCUT2D eigenvalue weighted by Crippen LogP contribution is -2.05. The molecule has 0 fully saturated rings. The highest BCUT2D eigenvalue weighted by molar-refractivity contribution is 5.83. The highest BCUT2D eigenvalue weighted by Crippen LogP contribution is 2.22. The van der Waals surface area contributed by atoms with Gasteiger partial charge in [0, 0.05) is 34.0 Å². The number of hydrogen-bond donors (Lipinski definition) is 1. The Bertz CT molecular complexity index is 805. The Morgan fingerprint density at radius 3 is 2.32 bits per heavy atom. The van der Waals surface area contributed by atoms with Crippen LogP contribution >= 0.6 is 0 Å². The zero-order valence-corrected chi connectivity index (χ0v) is 11.3. The van der Waals surface area contributed by atoms with Crippen molar-refractivity contribution in [2.24, 2.45) is 0 Å². The zero-order chi connectivity index (χ0) is 13.6. The third kappa shape index (κ3) is 1.87. The number of aromatic nitrogens is 2. The molecule has 0 aliphatic heterocycles. The zero-order valence-electron chi connectivity index (χ0n) is 11.3. The number of pyridine rings is 1. The van der Waals surface area contributed by atoms with Gasteiger partial charge in [-0.05, 0) is 56.7 Å². The van der Waals surface area contributed by atoms with Crippen LogP contribution in [0.1, 0.15) is 17.0 Å². The van der Waals surface area contributed by atoms with Crippen LogP contribution in [0.15, 0.2) is 41.2 Å². The van der Waals surface area contributed by atoms with Crippen LogP contribution in [0, 0.1) is 20.8 Å². The highest BCUT2D eigenvalue weighted by atomic mass is 16.1. The molecule has 3 heteroatoms. The van der Waals surface area contributed by atoms with Crippen molar-refractivity contribution in [1.82, 2.24) is 9.55 Å². The highest BCUT2D eigenvalue weighted by Gasteiger charge is 2.06. The molecule has 3 rings (SSSR count). The second-order valence-electron chi connectivity index (χ2n) is 5.00. The number of aryl methyl sites for hydroxylation is 3. The molecule has 1 aromatic carbocycles. The lowest BCUT2D eigenvalue weighted by Gasteiger charge is -2.11. The first-order chi connectivity index (χ1) is 9.06. The lowest BCUT2D eigenvalue weighted by atomic mass is 10.1. The molecule has 2 aromatic heterocycles. The van der Waals surface area contributed by atoms with Gasteiger partial charge in [0.25, 0.3) is 0 Å². The van der Waals surface area contributed by atoms with Gasteiger partial charge in [0.15, 0.2) is 0 Å². The monoisotopic (exact) mass is 252 g/mol. The Labute approximate surface area is 111 Å². The van der Waals surface area contributed by atoms with E-state index < -0.39 is 0 Å². The molecule has 0 unspecified atom stereocenters. The topological polar surface area (TPSA) is 37.8 Å². The van der Waals surface area contributed by atoms with Crippen molar-refractivity contribution in [3.8, 4) is 5.69 Å². The van der Waals surface area contributed by atoms with Crippen molar-refractivity contribution in [2.75, 3.05) is 0 Å². The van der Waals surface area contributed by atoms with Crippen LogP contribution in [0.2, 0.25) is 0 Å². The van der Waals surface area contributed by atoms with Crippen molar-refractivity contribution in [2.45, 2.75) is 20.8 Å². The summed E-state index contributed by atoms with van der Waals surface area (Å²) in [6.45, 7) is 6.16. The van der Waals surface area contributed by atoms with E-state index in [4.69, 9.17) is 0 Å². The van der Waals surface area contributed by atoms with Crippen LogP contribution in [-0.4, -0.2) is 9.55 Å². The molecule has 2 heterocycles. The van der Waals surface area contributed by atoms with E-state index in [0.29, 0.717) is 0 Å². The quantitative estimate of drug-likeness (QED) is 0.709. The number of benzene rings is 1. The molecule has 0 spiro atoms. The van der Waals surface area contributed by atoms with Crippen LogP contribution in [0.5, 0.6) is 0 Å². The SMILES string of the molecule is Cc1cc(=O)[nH]c2ccc(-n3c(C)ccc3C)cc12. The first kappa shape index (κ1) is 11.8. The molecule has 3 aromatic rings. The molecule has 96 valence electrons. The summed E-state index contributed by atoms with van der Waals surface area (Å²) in [5.74, 6) is 0. The second-order valence-corrected chi connectivity index (χ2v) is 5.00. The Kier molecular flexibility index (Phi) is 2.56. The maximum Gasteiger partial charge on any atom is 0.248 e. The van der Waals surface area contributed by atoms with Crippen molar-refractivity contribution in [3.63, 3.8) is 0 Å². The summed E-state index contributed by atoms with van der Waals surface area (Å²) in [6.07, 6.45) is 0. The largest absolute Gasteiger partial charge is 0.322 e. The maximum absolute atomic E-state index is 11.5. The lowest BCUT2D eigenvalue weighted by molar-refractivity contribution is 0.967. The standard InChI is InChI=1S/C16H16N2O/c1-10-8-16(19)17-15-7-6-13(9-14(10)15)18-11(2)4-5-12(18)3/h4-9H,1-3H3,(H,17,19). The Balaban J connectivity index is 2.31. The smallest absolute Gasteiger partial charge is 0.248 e. The van der Waals surface area contributed by atoms with Gasteiger partial charge >= 0.3 is 0 Å². The van der Waals surface area contributed by atoms with E-state index in [1.165, 1.54) is 11.4 Å². The molecular weight excluding hydrogens is 236 g/mol. The van der Waals surface area contributed by atoms with Gasteiger partial charge in [-0.2, -0.15) is 0 Å². The summed E-state index contributed by atoms with van der Waals surface area (Å²) >= 11 is 0. The Morgan fingerprint density at radius 2 is 1.63 bits per heavy atom. The molecule has 0 saturated heterocycles. The Morgan fingerprint density at radius 1 is 0.947 bits per heavy atom.